The van der Waals surface area contributed by atoms with Crippen LogP contribution in [0, 0.1) is 11.8 Å². The molecule has 0 spiro atoms. The number of hydrogen-bond acceptors (Lipinski definition) is 4. The maximum atomic E-state index is 12.0. The number of imide groups is 1. The monoisotopic (exact) mass is 289 g/mol. The molecule has 0 aromatic heterocycles. The quantitative estimate of drug-likeness (QED) is 0.800. The highest BCUT2D eigenvalue weighted by atomic mass is 32.2. The van der Waals surface area contributed by atoms with Crippen molar-refractivity contribution in [2.45, 2.75) is 12.5 Å². The molecule has 4 nitrogen and oxygen atoms in total. The first-order valence-corrected chi connectivity index (χ1v) is 7.67. The highest BCUT2D eigenvalue weighted by molar-refractivity contribution is 7.98. The molecule has 1 aliphatic rings. The van der Waals surface area contributed by atoms with Gasteiger partial charge in [0.15, 0.2) is 0 Å². The molecule has 1 aromatic carbocycles. The Morgan fingerprint density at radius 1 is 1.45 bits per heavy atom. The number of ether oxygens (including phenoxy) is 1. The van der Waals surface area contributed by atoms with Gasteiger partial charge in [-0.25, -0.2) is 9.69 Å². The van der Waals surface area contributed by atoms with Crippen LogP contribution in [0.3, 0.4) is 0 Å². The average Bonchev–Trinajstić information content (AvgIpc) is 2.84. The predicted octanol–water partition coefficient (Wildman–Crippen LogP) is 2.14. The molecule has 0 saturated carbocycles. The molecule has 0 bridgehead atoms. The van der Waals surface area contributed by atoms with Crippen molar-refractivity contribution in [3.8, 4) is 11.8 Å². The van der Waals surface area contributed by atoms with Crippen molar-refractivity contribution in [3.05, 3.63) is 35.9 Å². The van der Waals surface area contributed by atoms with Gasteiger partial charge in [0.25, 0.3) is 0 Å². The lowest BCUT2D eigenvalue weighted by atomic mass is 10.2. The van der Waals surface area contributed by atoms with Gasteiger partial charge in [-0.05, 0) is 30.6 Å². The van der Waals surface area contributed by atoms with Crippen LogP contribution in [0.25, 0.3) is 0 Å². The van der Waals surface area contributed by atoms with Crippen molar-refractivity contribution in [1.29, 1.82) is 0 Å². The number of cyclic esters (lactones) is 1. The van der Waals surface area contributed by atoms with Gasteiger partial charge < -0.3 is 4.74 Å². The first kappa shape index (κ1) is 14.5. The Balaban J connectivity index is 2.07. The van der Waals surface area contributed by atoms with Crippen LogP contribution >= 0.6 is 11.8 Å². The molecule has 1 aromatic rings. The Morgan fingerprint density at radius 2 is 2.20 bits per heavy atom. The summed E-state index contributed by atoms with van der Waals surface area (Å²) in [6.07, 6.45) is 2.12. The van der Waals surface area contributed by atoms with Crippen molar-refractivity contribution < 1.29 is 14.3 Å². The molecule has 1 saturated heterocycles. The molecule has 1 atom stereocenters. The number of rotatable bonds is 3. The summed E-state index contributed by atoms with van der Waals surface area (Å²) in [5, 5.41) is 0. The largest absolute Gasteiger partial charge is 0.447 e. The van der Waals surface area contributed by atoms with Gasteiger partial charge in [-0.2, -0.15) is 11.8 Å². The van der Waals surface area contributed by atoms with Crippen LogP contribution in [0.2, 0.25) is 0 Å². The predicted molar refractivity (Wildman–Crippen MR) is 78.3 cm³/mol. The van der Waals surface area contributed by atoms with E-state index < -0.39 is 12.0 Å². The molecule has 0 N–H and O–H groups in total. The molecular formula is C15H15NO3S. The first-order valence-electron chi connectivity index (χ1n) is 6.28. The van der Waals surface area contributed by atoms with Crippen LogP contribution in [-0.4, -0.2) is 41.6 Å². The van der Waals surface area contributed by atoms with E-state index in [2.05, 4.69) is 11.8 Å². The molecule has 2 rings (SSSR count). The third-order valence-electron chi connectivity index (χ3n) is 2.92. The van der Waals surface area contributed by atoms with E-state index in [4.69, 9.17) is 4.74 Å². The topological polar surface area (TPSA) is 46.6 Å². The van der Waals surface area contributed by atoms with Crippen LogP contribution in [0.15, 0.2) is 30.3 Å². The minimum Gasteiger partial charge on any atom is -0.447 e. The standard InChI is InChI=1S/C15H15NO3S/c1-20-10-9-13-11-19-15(18)16(13)14(17)8-7-12-5-3-2-4-6-12/h2-6,13H,9-11H2,1H3/t13-/m0/s1. The van der Waals surface area contributed by atoms with Gasteiger partial charge in [0.2, 0.25) is 0 Å². The minimum atomic E-state index is -0.594. The second-order valence-corrected chi connectivity index (χ2v) is 5.29. The van der Waals surface area contributed by atoms with E-state index in [1.165, 1.54) is 0 Å². The van der Waals surface area contributed by atoms with Crippen LogP contribution in [0.4, 0.5) is 4.79 Å². The molecule has 0 radical (unpaired) electrons. The Hall–Kier alpha value is -1.93. The molecule has 1 fully saturated rings. The smallest absolute Gasteiger partial charge is 0.417 e. The molecule has 1 aliphatic heterocycles. The number of hydrogen-bond donors (Lipinski definition) is 0. The zero-order chi connectivity index (χ0) is 14.4. The number of benzene rings is 1. The summed E-state index contributed by atoms with van der Waals surface area (Å²) in [6, 6.07) is 9.00. The van der Waals surface area contributed by atoms with Gasteiger partial charge in [-0.15, -0.1) is 0 Å². The van der Waals surface area contributed by atoms with Gasteiger partial charge >= 0.3 is 12.0 Å². The van der Waals surface area contributed by atoms with E-state index in [9.17, 15) is 9.59 Å². The zero-order valence-corrected chi connectivity index (χ0v) is 12.0. The summed E-state index contributed by atoms with van der Waals surface area (Å²) in [6.45, 7) is 0.262. The molecule has 0 aliphatic carbocycles. The number of nitrogens with zero attached hydrogens (tertiary/aromatic N) is 1. The van der Waals surface area contributed by atoms with E-state index >= 15 is 0 Å². The Kier molecular flexibility index (Phi) is 5.08. The fraction of sp³-hybridized carbons (Fsp3) is 0.333. The average molecular weight is 289 g/mol. The molecule has 104 valence electrons. The Bertz CT molecular complexity index is 547. The normalized spacial score (nSPS) is 17.4. The summed E-state index contributed by atoms with van der Waals surface area (Å²) < 4.78 is 4.94. The van der Waals surface area contributed by atoms with E-state index in [1.54, 1.807) is 11.8 Å². The van der Waals surface area contributed by atoms with Crippen LogP contribution in [-0.2, 0) is 9.53 Å². The van der Waals surface area contributed by atoms with E-state index in [1.807, 2.05) is 36.6 Å². The second kappa shape index (κ2) is 7.01. The van der Waals surface area contributed by atoms with Crippen LogP contribution in [0.1, 0.15) is 12.0 Å². The van der Waals surface area contributed by atoms with E-state index in [-0.39, 0.29) is 12.6 Å². The Labute approximate surface area is 122 Å². The lowest BCUT2D eigenvalue weighted by molar-refractivity contribution is -0.123. The molecule has 20 heavy (non-hydrogen) atoms. The SMILES string of the molecule is CSCC[C@H]1COC(=O)N1C(=O)C#Cc1ccccc1. The fourth-order valence-corrected chi connectivity index (χ4v) is 2.39. The first-order chi connectivity index (χ1) is 9.72. The van der Waals surface area contributed by atoms with Crippen LogP contribution < -0.4 is 0 Å². The summed E-state index contributed by atoms with van der Waals surface area (Å²) in [5.41, 5.74) is 0.745. The van der Waals surface area contributed by atoms with Crippen molar-refractivity contribution in [3.63, 3.8) is 0 Å². The molecule has 1 heterocycles. The van der Waals surface area contributed by atoms with Gasteiger partial charge in [-0.3, -0.25) is 4.79 Å². The Morgan fingerprint density at radius 3 is 2.90 bits per heavy atom. The number of carbonyl (C=O) groups is 2. The van der Waals surface area contributed by atoms with Gasteiger partial charge in [-0.1, -0.05) is 24.1 Å². The molecule has 0 unspecified atom stereocenters. The van der Waals surface area contributed by atoms with Crippen molar-refractivity contribution >= 4 is 23.8 Å². The zero-order valence-electron chi connectivity index (χ0n) is 11.2. The highest BCUT2D eigenvalue weighted by Crippen LogP contribution is 2.17. The lowest BCUT2D eigenvalue weighted by Crippen LogP contribution is -2.38. The minimum absolute atomic E-state index is 0.201. The van der Waals surface area contributed by atoms with Crippen molar-refractivity contribution in [1.82, 2.24) is 4.90 Å². The fourth-order valence-electron chi connectivity index (χ4n) is 1.88. The van der Waals surface area contributed by atoms with Crippen molar-refractivity contribution in [2.24, 2.45) is 0 Å². The molecular weight excluding hydrogens is 274 g/mol. The van der Waals surface area contributed by atoms with Gasteiger partial charge in [0, 0.05) is 11.5 Å². The highest BCUT2D eigenvalue weighted by Gasteiger charge is 2.36. The van der Waals surface area contributed by atoms with Crippen LogP contribution in [0.5, 0.6) is 0 Å². The number of thioether (sulfide) groups is 1. The van der Waals surface area contributed by atoms with Gasteiger partial charge in [0.1, 0.15) is 6.61 Å². The second-order valence-electron chi connectivity index (χ2n) is 4.30. The number of carbonyl (C=O) groups excluding carboxylic acids is 2. The molecule has 5 heteroatoms. The van der Waals surface area contributed by atoms with E-state index in [0.717, 1.165) is 22.6 Å². The third kappa shape index (κ3) is 3.55. The summed E-state index contributed by atoms with van der Waals surface area (Å²) in [5.74, 6) is 5.65. The lowest BCUT2D eigenvalue weighted by Gasteiger charge is -2.16. The third-order valence-corrected chi connectivity index (χ3v) is 3.57. The van der Waals surface area contributed by atoms with Gasteiger partial charge in [0.05, 0.1) is 6.04 Å². The summed E-state index contributed by atoms with van der Waals surface area (Å²) >= 11 is 1.67. The maximum Gasteiger partial charge on any atom is 0.417 e. The van der Waals surface area contributed by atoms with E-state index in [0.29, 0.717) is 0 Å². The van der Waals surface area contributed by atoms with Crippen molar-refractivity contribution in [2.75, 3.05) is 18.6 Å². The maximum absolute atomic E-state index is 12.0. The number of amides is 2. The summed E-state index contributed by atoms with van der Waals surface area (Å²) in [4.78, 5) is 24.8. The molecule has 2 amide bonds. The summed E-state index contributed by atoms with van der Waals surface area (Å²) in [7, 11) is 0.